The minimum atomic E-state index is -3.62. The van der Waals surface area contributed by atoms with Crippen molar-refractivity contribution in [2.45, 2.75) is 31.6 Å². The summed E-state index contributed by atoms with van der Waals surface area (Å²) in [6, 6.07) is 11.8. The second-order valence-corrected chi connectivity index (χ2v) is 9.27. The highest BCUT2D eigenvalue weighted by molar-refractivity contribution is 7.89. The largest absolute Gasteiger partial charge is 0.372 e. The Balaban J connectivity index is 1.80. The van der Waals surface area contributed by atoms with Gasteiger partial charge in [-0.05, 0) is 69.2 Å². The minimum Gasteiger partial charge on any atom is -0.372 e. The molecule has 1 amide bonds. The molecule has 2 aromatic rings. The number of halogens is 1. The molecule has 0 radical (unpaired) electrons. The van der Waals surface area contributed by atoms with Crippen LogP contribution in [0, 0.1) is 0 Å². The van der Waals surface area contributed by atoms with E-state index in [2.05, 4.69) is 24.1 Å². The Labute approximate surface area is 177 Å². The summed E-state index contributed by atoms with van der Waals surface area (Å²) in [6.07, 6.45) is 1.70. The maximum Gasteiger partial charge on any atom is 0.257 e. The van der Waals surface area contributed by atoms with Crippen molar-refractivity contribution in [3.63, 3.8) is 0 Å². The van der Waals surface area contributed by atoms with Crippen molar-refractivity contribution in [2.24, 2.45) is 0 Å². The van der Waals surface area contributed by atoms with Gasteiger partial charge in [-0.1, -0.05) is 11.6 Å². The van der Waals surface area contributed by atoms with E-state index in [-0.39, 0.29) is 15.5 Å². The molecule has 1 heterocycles. The topological polar surface area (TPSA) is 69.7 Å². The van der Waals surface area contributed by atoms with E-state index in [1.807, 2.05) is 24.3 Å². The van der Waals surface area contributed by atoms with E-state index in [9.17, 15) is 13.2 Å². The third-order valence-corrected chi connectivity index (χ3v) is 7.36. The zero-order chi connectivity index (χ0) is 21.0. The lowest BCUT2D eigenvalue weighted by Crippen LogP contribution is -2.28. The van der Waals surface area contributed by atoms with Crippen molar-refractivity contribution in [3.05, 3.63) is 53.1 Å². The molecule has 0 aliphatic carbocycles. The molecule has 0 bridgehead atoms. The quantitative estimate of drug-likeness (QED) is 0.706. The van der Waals surface area contributed by atoms with E-state index >= 15 is 0 Å². The summed E-state index contributed by atoms with van der Waals surface area (Å²) in [6.45, 7) is 6.98. The summed E-state index contributed by atoms with van der Waals surface area (Å²) in [4.78, 5) is 15.0. The van der Waals surface area contributed by atoms with Gasteiger partial charge in [0.25, 0.3) is 5.91 Å². The molecule has 1 aliphatic rings. The van der Waals surface area contributed by atoms with E-state index in [0.717, 1.165) is 31.6 Å². The molecule has 29 heavy (non-hydrogen) atoms. The zero-order valence-corrected chi connectivity index (χ0v) is 18.3. The van der Waals surface area contributed by atoms with Gasteiger partial charge in [0.1, 0.15) is 0 Å². The fraction of sp³-hybridized carbons (Fsp3) is 0.381. The fourth-order valence-corrected chi connectivity index (χ4v) is 5.21. The summed E-state index contributed by atoms with van der Waals surface area (Å²) in [7, 11) is -3.62. The normalized spacial score (nSPS) is 14.7. The first-order chi connectivity index (χ1) is 13.9. The first-order valence-corrected chi connectivity index (χ1v) is 11.6. The Bertz CT molecular complexity index is 967. The molecule has 8 heteroatoms. The molecular formula is C21H26ClN3O3S. The zero-order valence-electron chi connectivity index (χ0n) is 16.7. The van der Waals surface area contributed by atoms with E-state index in [1.165, 1.54) is 22.5 Å². The van der Waals surface area contributed by atoms with Crippen LogP contribution in [0.2, 0.25) is 5.02 Å². The SMILES string of the molecule is CCN(CC)c1ccc(NC(=O)c2cc(S(=O)(=O)N3CCCC3)ccc2Cl)cc1. The molecule has 6 nitrogen and oxygen atoms in total. The van der Waals surface area contributed by atoms with Crippen molar-refractivity contribution in [1.82, 2.24) is 4.31 Å². The van der Waals surface area contributed by atoms with Crippen molar-refractivity contribution >= 4 is 38.9 Å². The van der Waals surface area contributed by atoms with Gasteiger partial charge < -0.3 is 10.2 Å². The molecular weight excluding hydrogens is 410 g/mol. The van der Waals surface area contributed by atoms with Gasteiger partial charge in [-0.3, -0.25) is 4.79 Å². The fourth-order valence-electron chi connectivity index (χ4n) is 3.46. The number of benzene rings is 2. The molecule has 1 saturated heterocycles. The lowest BCUT2D eigenvalue weighted by Gasteiger charge is -2.21. The maximum atomic E-state index is 12.8. The first-order valence-electron chi connectivity index (χ1n) is 9.83. The lowest BCUT2D eigenvalue weighted by molar-refractivity contribution is 0.102. The predicted octanol–water partition coefficient (Wildman–Crippen LogP) is 4.22. The average Bonchev–Trinajstić information content (AvgIpc) is 3.26. The highest BCUT2D eigenvalue weighted by Gasteiger charge is 2.28. The number of amides is 1. The number of carbonyl (C=O) groups is 1. The van der Waals surface area contributed by atoms with Crippen LogP contribution in [0.5, 0.6) is 0 Å². The Kier molecular flexibility index (Phi) is 6.82. The molecule has 0 atom stereocenters. The molecule has 0 saturated carbocycles. The van der Waals surface area contributed by atoms with Gasteiger partial charge in [-0.15, -0.1) is 0 Å². The number of hydrogen-bond acceptors (Lipinski definition) is 4. The number of anilines is 2. The molecule has 0 spiro atoms. The molecule has 1 aliphatic heterocycles. The summed E-state index contributed by atoms with van der Waals surface area (Å²) in [5.74, 6) is -0.441. The van der Waals surface area contributed by atoms with Crippen LogP contribution in [-0.4, -0.2) is 44.8 Å². The predicted molar refractivity (Wildman–Crippen MR) is 117 cm³/mol. The third-order valence-electron chi connectivity index (χ3n) is 5.14. The number of sulfonamides is 1. The number of rotatable bonds is 7. The molecule has 0 unspecified atom stereocenters. The lowest BCUT2D eigenvalue weighted by atomic mass is 10.2. The van der Waals surface area contributed by atoms with Crippen LogP contribution < -0.4 is 10.2 Å². The van der Waals surface area contributed by atoms with Crippen molar-refractivity contribution < 1.29 is 13.2 Å². The van der Waals surface area contributed by atoms with Crippen LogP contribution in [-0.2, 0) is 10.0 Å². The van der Waals surface area contributed by atoms with Gasteiger partial charge in [0.05, 0.1) is 15.5 Å². The van der Waals surface area contributed by atoms with E-state index in [0.29, 0.717) is 18.8 Å². The molecule has 1 fully saturated rings. The highest BCUT2D eigenvalue weighted by atomic mass is 35.5. The average molecular weight is 436 g/mol. The van der Waals surface area contributed by atoms with Crippen LogP contribution in [0.1, 0.15) is 37.0 Å². The van der Waals surface area contributed by atoms with Crippen LogP contribution >= 0.6 is 11.6 Å². The van der Waals surface area contributed by atoms with Gasteiger partial charge >= 0.3 is 0 Å². The maximum absolute atomic E-state index is 12.8. The summed E-state index contributed by atoms with van der Waals surface area (Å²) >= 11 is 6.20. The van der Waals surface area contributed by atoms with Gasteiger partial charge in [-0.2, -0.15) is 4.31 Å². The van der Waals surface area contributed by atoms with Gasteiger partial charge in [0.2, 0.25) is 10.0 Å². The van der Waals surface area contributed by atoms with Crippen LogP contribution in [0.15, 0.2) is 47.4 Å². The van der Waals surface area contributed by atoms with Gasteiger partial charge in [0.15, 0.2) is 0 Å². The third kappa shape index (κ3) is 4.74. The number of nitrogens with one attached hydrogen (secondary N) is 1. The van der Waals surface area contributed by atoms with Crippen molar-refractivity contribution in [3.8, 4) is 0 Å². The summed E-state index contributed by atoms with van der Waals surface area (Å²) < 4.78 is 27.0. The summed E-state index contributed by atoms with van der Waals surface area (Å²) in [5, 5.41) is 3.01. The number of hydrogen-bond donors (Lipinski definition) is 1. The minimum absolute atomic E-state index is 0.0887. The van der Waals surface area contributed by atoms with E-state index in [4.69, 9.17) is 11.6 Å². The van der Waals surface area contributed by atoms with E-state index in [1.54, 1.807) is 0 Å². The smallest absolute Gasteiger partial charge is 0.257 e. The van der Waals surface area contributed by atoms with Crippen LogP contribution in [0.3, 0.4) is 0 Å². The Hall–Kier alpha value is -2.09. The molecule has 156 valence electrons. The second-order valence-electron chi connectivity index (χ2n) is 6.93. The van der Waals surface area contributed by atoms with Crippen molar-refractivity contribution in [2.75, 3.05) is 36.4 Å². The van der Waals surface area contributed by atoms with Crippen molar-refractivity contribution in [1.29, 1.82) is 0 Å². The number of nitrogens with zero attached hydrogens (tertiary/aromatic N) is 2. The Morgan fingerprint density at radius 1 is 1.07 bits per heavy atom. The molecule has 0 aromatic heterocycles. The van der Waals surface area contributed by atoms with Crippen LogP contribution in [0.25, 0.3) is 0 Å². The monoisotopic (exact) mass is 435 g/mol. The second kappa shape index (κ2) is 9.15. The Morgan fingerprint density at radius 2 is 1.69 bits per heavy atom. The standard InChI is InChI=1S/C21H26ClN3O3S/c1-3-24(4-2)17-9-7-16(8-10-17)23-21(26)19-15-18(11-12-20(19)22)29(27,28)25-13-5-6-14-25/h7-12,15H,3-6,13-14H2,1-2H3,(H,23,26). The summed E-state index contributed by atoms with van der Waals surface area (Å²) in [5.41, 5.74) is 1.83. The van der Waals surface area contributed by atoms with Gasteiger partial charge in [-0.25, -0.2) is 8.42 Å². The van der Waals surface area contributed by atoms with Crippen LogP contribution in [0.4, 0.5) is 11.4 Å². The van der Waals surface area contributed by atoms with E-state index < -0.39 is 15.9 Å². The Morgan fingerprint density at radius 3 is 2.28 bits per heavy atom. The van der Waals surface area contributed by atoms with Gasteiger partial charge in [0, 0.05) is 37.6 Å². The molecule has 3 rings (SSSR count). The molecule has 2 aromatic carbocycles. The first kappa shape index (κ1) is 21.6. The highest BCUT2D eigenvalue weighted by Crippen LogP contribution is 2.26. The number of carbonyl (C=O) groups excluding carboxylic acids is 1. The molecule has 1 N–H and O–H groups in total.